The van der Waals surface area contributed by atoms with Crippen molar-refractivity contribution in [3.8, 4) is 0 Å². The Hall–Kier alpha value is -5.38. The van der Waals surface area contributed by atoms with E-state index in [1.54, 1.807) is 0 Å². The molecule has 0 fully saturated rings. The van der Waals surface area contributed by atoms with Gasteiger partial charge in [-0.05, 0) is 0 Å². The minimum Gasteiger partial charge on any atom is -0.481 e. The van der Waals surface area contributed by atoms with Crippen LogP contribution < -0.4 is 43.8 Å². The van der Waals surface area contributed by atoms with Crippen molar-refractivity contribution in [3.63, 3.8) is 0 Å². The minimum atomic E-state index is -1.11. The van der Waals surface area contributed by atoms with Crippen LogP contribution in [-0.4, -0.2) is 109 Å². The van der Waals surface area contributed by atoms with Crippen molar-refractivity contribution in [2.45, 2.75) is 51.4 Å². The number of esters is 2. The van der Waals surface area contributed by atoms with Crippen LogP contribution in [0.3, 0.4) is 0 Å². The Morgan fingerprint density at radius 3 is 1.02 bits per heavy atom. The summed E-state index contributed by atoms with van der Waals surface area (Å²) in [6, 6.07) is 0. The Bertz CT molecular complexity index is 1070. The summed E-state index contributed by atoms with van der Waals surface area (Å²) in [6.45, 7) is -0.864. The molecule has 0 bridgehead atoms. The van der Waals surface area contributed by atoms with Crippen LogP contribution in [0.1, 0.15) is 51.4 Å². The number of carboxylic acids is 2. The molecule has 0 saturated heterocycles. The number of hydrogen-bond donors (Lipinski definition) is 10. The first-order valence-electron chi connectivity index (χ1n) is 13.5. The minimum absolute atomic E-state index is 0.0250. The first-order valence-corrected chi connectivity index (χ1v) is 13.5. The molecule has 0 aromatic carbocycles. The van der Waals surface area contributed by atoms with E-state index in [1.807, 2.05) is 10.9 Å². The molecule has 0 atom stereocenters. The van der Waals surface area contributed by atoms with Crippen LogP contribution in [-0.2, 0) is 57.4 Å². The second kappa shape index (κ2) is 27.2. The fourth-order valence-electron chi connectivity index (χ4n) is 2.55. The van der Waals surface area contributed by atoms with Crippen molar-refractivity contribution in [1.29, 1.82) is 0 Å². The summed E-state index contributed by atoms with van der Waals surface area (Å²) in [7, 11) is 0. The quantitative estimate of drug-likeness (QED) is 0.0170. The van der Waals surface area contributed by atoms with E-state index in [9.17, 15) is 47.9 Å². The van der Waals surface area contributed by atoms with Crippen LogP contribution in [0.5, 0.6) is 0 Å². The van der Waals surface area contributed by atoms with Crippen LogP contribution >= 0.6 is 0 Å². The van der Waals surface area contributed by atoms with E-state index in [1.165, 1.54) is 0 Å². The number of aliphatic carboxylic acids is 2. The average molecular weight is 665 g/mol. The van der Waals surface area contributed by atoms with Gasteiger partial charge in [-0.15, -0.1) is 0 Å². The van der Waals surface area contributed by atoms with Gasteiger partial charge in [-0.1, -0.05) is 0 Å². The highest BCUT2D eigenvalue weighted by molar-refractivity contribution is 5.86. The lowest BCUT2D eigenvalue weighted by Crippen LogP contribution is -2.35. The number of ether oxygens (including phenoxy) is 2. The van der Waals surface area contributed by atoms with Gasteiger partial charge in [-0.2, -0.15) is 0 Å². The van der Waals surface area contributed by atoms with E-state index in [-0.39, 0.29) is 90.1 Å². The van der Waals surface area contributed by atoms with Crippen molar-refractivity contribution < 1.29 is 67.6 Å². The van der Waals surface area contributed by atoms with E-state index >= 15 is 0 Å². The third-order valence-electron chi connectivity index (χ3n) is 4.85. The van der Waals surface area contributed by atoms with Crippen molar-refractivity contribution in [2.24, 2.45) is 11.7 Å². The highest BCUT2D eigenvalue weighted by Gasteiger charge is 2.11. The van der Waals surface area contributed by atoms with Crippen molar-refractivity contribution in [2.75, 3.05) is 39.4 Å². The first-order chi connectivity index (χ1) is 21.7. The predicted octanol–water partition coefficient (Wildman–Crippen LogP) is -5.21. The van der Waals surface area contributed by atoms with Gasteiger partial charge in [0.1, 0.15) is 26.3 Å². The van der Waals surface area contributed by atoms with Gasteiger partial charge in [-0.3, -0.25) is 58.8 Å². The van der Waals surface area contributed by atoms with Crippen molar-refractivity contribution in [3.05, 3.63) is 0 Å². The Balaban J connectivity index is 0. The molecule has 0 aromatic heterocycles. The number of hydrogen-bond acceptors (Lipinski definition) is 14. The molecule has 0 aliphatic carbocycles. The van der Waals surface area contributed by atoms with E-state index in [2.05, 4.69) is 21.3 Å². The van der Waals surface area contributed by atoms with Crippen LogP contribution in [0.15, 0.2) is 0 Å². The number of hydrazine groups is 2. The number of rotatable bonds is 22. The summed E-state index contributed by atoms with van der Waals surface area (Å²) in [6.07, 6.45) is -1.30. The zero-order valence-corrected chi connectivity index (χ0v) is 24.8. The smallest absolute Gasteiger partial charge is 0.325 e. The summed E-state index contributed by atoms with van der Waals surface area (Å²) in [5.74, 6) is 3.19. The molecule has 22 heteroatoms. The summed E-state index contributed by atoms with van der Waals surface area (Å²) in [5, 5.41) is 26.0. The van der Waals surface area contributed by atoms with Crippen molar-refractivity contribution >= 4 is 59.3 Å². The number of nitrogens with two attached hydrogens (primary N) is 2. The monoisotopic (exact) mass is 664 g/mol. The van der Waals surface area contributed by atoms with Gasteiger partial charge in [0.2, 0.25) is 35.4 Å². The molecule has 6 amide bonds. The summed E-state index contributed by atoms with van der Waals surface area (Å²) in [4.78, 5) is 109. The molecule has 0 aromatic rings. The molecule has 0 spiro atoms. The van der Waals surface area contributed by atoms with Gasteiger partial charge in [0.05, 0.1) is 25.9 Å². The van der Waals surface area contributed by atoms with Gasteiger partial charge in [0.15, 0.2) is 0 Å². The number of carbonyl (C=O) groups excluding carboxylic acids is 8. The number of carbonyl (C=O) groups is 10. The molecule has 260 valence electrons. The topological polar surface area (TPSA) is 354 Å². The van der Waals surface area contributed by atoms with Gasteiger partial charge in [0.25, 0.3) is 0 Å². The van der Waals surface area contributed by atoms with E-state index in [4.69, 9.17) is 31.4 Å². The molecular weight excluding hydrogens is 624 g/mol. The highest BCUT2D eigenvalue weighted by Crippen LogP contribution is 1.91. The fourth-order valence-corrected chi connectivity index (χ4v) is 2.55. The van der Waals surface area contributed by atoms with Gasteiger partial charge in [0, 0.05) is 38.5 Å². The highest BCUT2D eigenvalue weighted by atomic mass is 16.5. The largest absolute Gasteiger partial charge is 0.481 e. The summed E-state index contributed by atoms with van der Waals surface area (Å²) in [5.41, 5.74) is 3.77. The lowest BCUT2D eigenvalue weighted by Gasteiger charge is -2.07. The molecule has 0 rings (SSSR count). The second-order valence-corrected chi connectivity index (χ2v) is 8.62. The first kappa shape index (κ1) is 42.8. The number of amides is 6. The zero-order valence-electron chi connectivity index (χ0n) is 24.8. The summed E-state index contributed by atoms with van der Waals surface area (Å²) >= 11 is 0. The van der Waals surface area contributed by atoms with Gasteiger partial charge >= 0.3 is 23.9 Å². The van der Waals surface area contributed by atoms with Crippen LogP contribution in [0, 0.1) is 0 Å². The molecular formula is C24H40N8O14. The maximum atomic E-state index is 11.3. The normalized spacial score (nSPS) is 9.61. The molecule has 22 nitrogen and oxygen atoms in total. The third-order valence-corrected chi connectivity index (χ3v) is 4.85. The van der Waals surface area contributed by atoms with E-state index < -0.39 is 60.0 Å². The molecule has 0 radical (unpaired) electrons. The lowest BCUT2D eigenvalue weighted by molar-refractivity contribution is -0.144. The molecule has 46 heavy (non-hydrogen) atoms. The molecule has 0 saturated carbocycles. The molecule has 12 N–H and O–H groups in total. The maximum absolute atomic E-state index is 11.3. The third kappa shape index (κ3) is 30.1. The lowest BCUT2D eigenvalue weighted by atomic mass is 10.3. The Kier molecular flexibility index (Phi) is 25.3. The SMILES string of the molecule is NNC(=O)CCC(=O)NCCOC(=O)CNC(=O)CCC(=O)NN.O=C(O)CCC(=O)NCCOC(=O)CNC(=O)CCC(=O)O. The van der Waals surface area contributed by atoms with Crippen LogP contribution in [0.25, 0.3) is 0 Å². The number of carboxylic acid groups (broad SMARTS) is 2. The molecule has 0 aliphatic rings. The zero-order chi connectivity index (χ0) is 35.3. The van der Waals surface area contributed by atoms with E-state index in [0.717, 1.165) is 0 Å². The van der Waals surface area contributed by atoms with Crippen molar-refractivity contribution in [1.82, 2.24) is 32.1 Å². The summed E-state index contributed by atoms with van der Waals surface area (Å²) < 4.78 is 9.46. The Morgan fingerprint density at radius 1 is 0.435 bits per heavy atom. The van der Waals surface area contributed by atoms with Gasteiger partial charge in [-0.25, -0.2) is 11.7 Å². The standard InChI is InChI=1S/C12H22N6O6.C12H18N2O8/c13-17-10(21)3-1-8(19)15-5-6-24-12(23)7-16-9(20)2-4-11(22)18-14;15-8(1-3-10(17)18)13-5-6-22-12(21)7-14-9(16)2-4-11(19)20/h1-7,13-14H2,(H,15,19)(H,16,20)(H,17,21)(H,18,22);1-7H2,(H,13,15)(H,14,16)(H,17,18)(H,19,20). The molecule has 0 heterocycles. The molecule has 0 aliphatic heterocycles. The Labute approximate surface area is 261 Å². The predicted molar refractivity (Wildman–Crippen MR) is 151 cm³/mol. The number of nitrogens with one attached hydrogen (secondary N) is 6. The second-order valence-electron chi connectivity index (χ2n) is 8.62. The maximum Gasteiger partial charge on any atom is 0.325 e. The van der Waals surface area contributed by atoms with Crippen LogP contribution in [0.4, 0.5) is 0 Å². The van der Waals surface area contributed by atoms with E-state index in [0.29, 0.717) is 0 Å². The van der Waals surface area contributed by atoms with Gasteiger partial charge < -0.3 is 41.0 Å². The molecule has 0 unspecified atom stereocenters. The van der Waals surface area contributed by atoms with Crippen LogP contribution in [0.2, 0.25) is 0 Å². The average Bonchev–Trinajstić information content (AvgIpc) is 3.02. The fraction of sp³-hybridized carbons (Fsp3) is 0.583. The Morgan fingerprint density at radius 2 is 0.717 bits per heavy atom.